The standard InChI is InChI=1S/C13H27IO2/c1-5-8-12(4,11-14)16-10-9-13(15,6-2)7-3/h15H,5-11H2,1-4H3. The quantitative estimate of drug-likeness (QED) is 0.508. The monoisotopic (exact) mass is 342 g/mol. The van der Waals surface area contributed by atoms with E-state index in [1.807, 2.05) is 13.8 Å². The van der Waals surface area contributed by atoms with Crippen molar-refractivity contribution in [1.82, 2.24) is 0 Å². The van der Waals surface area contributed by atoms with Gasteiger partial charge in [-0.05, 0) is 32.6 Å². The maximum atomic E-state index is 10.1. The van der Waals surface area contributed by atoms with Gasteiger partial charge in [0.05, 0.1) is 17.8 Å². The van der Waals surface area contributed by atoms with E-state index in [2.05, 4.69) is 36.4 Å². The molecule has 3 heteroatoms. The second-order valence-electron chi connectivity index (χ2n) is 4.86. The van der Waals surface area contributed by atoms with Gasteiger partial charge in [-0.3, -0.25) is 0 Å². The summed E-state index contributed by atoms with van der Waals surface area (Å²) in [7, 11) is 0. The molecule has 0 aromatic rings. The summed E-state index contributed by atoms with van der Waals surface area (Å²) in [5, 5.41) is 10.1. The van der Waals surface area contributed by atoms with Crippen molar-refractivity contribution in [3.63, 3.8) is 0 Å². The first-order valence-electron chi connectivity index (χ1n) is 6.37. The Hall–Kier alpha value is 0.650. The lowest BCUT2D eigenvalue weighted by molar-refractivity contribution is -0.0582. The smallest absolute Gasteiger partial charge is 0.0743 e. The predicted octanol–water partition coefficient (Wildman–Crippen LogP) is 3.94. The van der Waals surface area contributed by atoms with Crippen LogP contribution < -0.4 is 0 Å². The number of ether oxygens (including phenoxy) is 1. The summed E-state index contributed by atoms with van der Waals surface area (Å²) < 4.78 is 6.96. The van der Waals surface area contributed by atoms with Crippen molar-refractivity contribution in [2.45, 2.75) is 71.0 Å². The van der Waals surface area contributed by atoms with Crippen LogP contribution >= 0.6 is 22.6 Å². The number of hydrogen-bond acceptors (Lipinski definition) is 2. The van der Waals surface area contributed by atoms with Crippen molar-refractivity contribution < 1.29 is 9.84 Å². The molecule has 0 aliphatic carbocycles. The van der Waals surface area contributed by atoms with Crippen molar-refractivity contribution >= 4 is 22.6 Å². The number of halogens is 1. The summed E-state index contributed by atoms with van der Waals surface area (Å²) in [5.41, 5.74) is -0.546. The van der Waals surface area contributed by atoms with Crippen LogP contribution in [0.15, 0.2) is 0 Å². The molecule has 0 fully saturated rings. The molecule has 0 rings (SSSR count). The van der Waals surface area contributed by atoms with Gasteiger partial charge in [0.25, 0.3) is 0 Å². The molecule has 0 aliphatic heterocycles. The molecule has 1 atom stereocenters. The lowest BCUT2D eigenvalue weighted by Crippen LogP contribution is -2.34. The van der Waals surface area contributed by atoms with E-state index in [-0.39, 0.29) is 5.60 Å². The van der Waals surface area contributed by atoms with Crippen LogP contribution in [0.3, 0.4) is 0 Å². The van der Waals surface area contributed by atoms with E-state index in [9.17, 15) is 5.11 Å². The highest BCUT2D eigenvalue weighted by Gasteiger charge is 2.26. The molecule has 0 aromatic heterocycles. The highest BCUT2D eigenvalue weighted by atomic mass is 127. The van der Waals surface area contributed by atoms with Gasteiger partial charge in [0.15, 0.2) is 0 Å². The Morgan fingerprint density at radius 1 is 1.12 bits per heavy atom. The van der Waals surface area contributed by atoms with Gasteiger partial charge < -0.3 is 9.84 Å². The molecule has 0 heterocycles. The number of rotatable bonds is 9. The van der Waals surface area contributed by atoms with Crippen molar-refractivity contribution in [1.29, 1.82) is 0 Å². The topological polar surface area (TPSA) is 29.5 Å². The van der Waals surface area contributed by atoms with Crippen LogP contribution in [0.25, 0.3) is 0 Å². The van der Waals surface area contributed by atoms with Crippen molar-refractivity contribution in [2.24, 2.45) is 0 Å². The van der Waals surface area contributed by atoms with Gasteiger partial charge in [0.1, 0.15) is 0 Å². The minimum Gasteiger partial charge on any atom is -0.390 e. The zero-order valence-electron chi connectivity index (χ0n) is 11.2. The Morgan fingerprint density at radius 2 is 1.69 bits per heavy atom. The Kier molecular flexibility index (Phi) is 8.20. The fourth-order valence-electron chi connectivity index (χ4n) is 1.80. The molecular formula is C13H27IO2. The van der Waals surface area contributed by atoms with Gasteiger partial charge in [-0.1, -0.05) is 49.8 Å². The highest BCUT2D eigenvalue weighted by molar-refractivity contribution is 14.1. The van der Waals surface area contributed by atoms with Crippen LogP contribution in [0, 0.1) is 0 Å². The van der Waals surface area contributed by atoms with Gasteiger partial charge in [-0.15, -0.1) is 0 Å². The molecule has 0 saturated carbocycles. The highest BCUT2D eigenvalue weighted by Crippen LogP contribution is 2.24. The molecule has 16 heavy (non-hydrogen) atoms. The molecule has 1 N–H and O–H groups in total. The number of hydrogen-bond donors (Lipinski definition) is 1. The molecule has 2 nitrogen and oxygen atoms in total. The van der Waals surface area contributed by atoms with E-state index in [1.165, 1.54) is 0 Å². The van der Waals surface area contributed by atoms with Crippen LogP contribution in [-0.4, -0.2) is 27.3 Å². The minimum atomic E-state index is -0.529. The second kappa shape index (κ2) is 7.88. The molecule has 98 valence electrons. The molecule has 1 unspecified atom stereocenters. The normalized spacial score (nSPS) is 16.1. The van der Waals surface area contributed by atoms with Gasteiger partial charge in [-0.25, -0.2) is 0 Å². The maximum absolute atomic E-state index is 10.1. The largest absolute Gasteiger partial charge is 0.390 e. The predicted molar refractivity (Wildman–Crippen MR) is 78.3 cm³/mol. The molecule has 0 radical (unpaired) electrons. The summed E-state index contributed by atoms with van der Waals surface area (Å²) in [6, 6.07) is 0. The Bertz CT molecular complexity index is 181. The summed E-state index contributed by atoms with van der Waals surface area (Å²) >= 11 is 2.38. The molecule has 0 saturated heterocycles. The first-order valence-corrected chi connectivity index (χ1v) is 7.90. The first-order chi connectivity index (χ1) is 7.45. The molecule has 0 amide bonds. The summed E-state index contributed by atoms with van der Waals surface area (Å²) in [5.74, 6) is 0. The van der Waals surface area contributed by atoms with E-state index in [0.717, 1.165) is 36.5 Å². The third-order valence-electron chi connectivity index (χ3n) is 3.40. The number of aliphatic hydroxyl groups is 1. The molecule has 0 bridgehead atoms. The van der Waals surface area contributed by atoms with Crippen LogP contribution in [0.4, 0.5) is 0 Å². The van der Waals surface area contributed by atoms with Crippen LogP contribution in [0.1, 0.15) is 59.8 Å². The van der Waals surface area contributed by atoms with Crippen molar-refractivity contribution in [3.8, 4) is 0 Å². The van der Waals surface area contributed by atoms with E-state index in [4.69, 9.17) is 4.74 Å². The van der Waals surface area contributed by atoms with Gasteiger partial charge in [0.2, 0.25) is 0 Å². The third kappa shape index (κ3) is 5.82. The van der Waals surface area contributed by atoms with Gasteiger partial charge in [-0.2, -0.15) is 0 Å². The van der Waals surface area contributed by atoms with Crippen LogP contribution in [0.2, 0.25) is 0 Å². The van der Waals surface area contributed by atoms with E-state index in [0.29, 0.717) is 6.61 Å². The average Bonchev–Trinajstić information content (AvgIpc) is 2.29. The molecule has 0 aliphatic rings. The van der Waals surface area contributed by atoms with Gasteiger partial charge >= 0.3 is 0 Å². The fraction of sp³-hybridized carbons (Fsp3) is 1.00. The van der Waals surface area contributed by atoms with E-state index in [1.54, 1.807) is 0 Å². The molecule has 0 aromatic carbocycles. The summed E-state index contributed by atoms with van der Waals surface area (Å²) in [4.78, 5) is 0. The summed E-state index contributed by atoms with van der Waals surface area (Å²) in [6.45, 7) is 9.08. The Balaban J connectivity index is 4.03. The van der Waals surface area contributed by atoms with E-state index >= 15 is 0 Å². The van der Waals surface area contributed by atoms with Gasteiger partial charge in [0, 0.05) is 4.43 Å². The first kappa shape index (κ1) is 16.6. The SMILES string of the molecule is CCCC(C)(CI)OCCC(O)(CC)CC. The average molecular weight is 342 g/mol. The molecular weight excluding hydrogens is 315 g/mol. The lowest BCUT2D eigenvalue weighted by Gasteiger charge is -2.31. The summed E-state index contributed by atoms with van der Waals surface area (Å²) in [6.07, 6.45) is 4.59. The van der Waals surface area contributed by atoms with Crippen LogP contribution in [-0.2, 0) is 4.74 Å². The van der Waals surface area contributed by atoms with Crippen LogP contribution in [0.5, 0.6) is 0 Å². The third-order valence-corrected chi connectivity index (χ3v) is 5.01. The molecule has 0 spiro atoms. The minimum absolute atomic E-state index is 0.0162. The van der Waals surface area contributed by atoms with Crippen molar-refractivity contribution in [3.05, 3.63) is 0 Å². The maximum Gasteiger partial charge on any atom is 0.0743 e. The zero-order valence-corrected chi connectivity index (χ0v) is 13.3. The second-order valence-corrected chi connectivity index (χ2v) is 5.63. The Labute approximate surface area is 114 Å². The van der Waals surface area contributed by atoms with E-state index < -0.39 is 5.60 Å². The Morgan fingerprint density at radius 3 is 2.06 bits per heavy atom. The van der Waals surface area contributed by atoms with Crippen molar-refractivity contribution in [2.75, 3.05) is 11.0 Å². The lowest BCUT2D eigenvalue weighted by atomic mass is 9.94. The zero-order chi connectivity index (χ0) is 12.7. The number of alkyl halides is 1. The fourth-order valence-corrected chi connectivity index (χ4v) is 2.40.